The molecule has 1 aromatic carbocycles. The van der Waals surface area contributed by atoms with Crippen molar-refractivity contribution in [1.82, 2.24) is 0 Å². The number of aryl methyl sites for hydroxylation is 1. The van der Waals surface area contributed by atoms with Crippen LogP contribution in [0.1, 0.15) is 22.1 Å². The van der Waals surface area contributed by atoms with E-state index in [0.717, 1.165) is 22.6 Å². The molecule has 0 aliphatic rings. The first-order chi connectivity index (χ1) is 8.67. The standard InChI is InChI=1S/C14H15ClO2S/c1-9-7-18-8-12(9)14(15)11-6-10(16-2)4-5-13(11)17-3/h4-8,14H,1-3H3. The highest BCUT2D eigenvalue weighted by Gasteiger charge is 2.18. The molecule has 0 fully saturated rings. The molecule has 0 N–H and O–H groups in total. The van der Waals surface area contributed by atoms with Gasteiger partial charge in [-0.25, -0.2) is 0 Å². The molecule has 0 saturated carbocycles. The summed E-state index contributed by atoms with van der Waals surface area (Å²) in [5.41, 5.74) is 3.25. The second-order valence-electron chi connectivity index (χ2n) is 3.98. The molecule has 1 unspecified atom stereocenters. The van der Waals surface area contributed by atoms with E-state index in [2.05, 4.69) is 17.7 Å². The van der Waals surface area contributed by atoms with Crippen LogP contribution in [0.25, 0.3) is 0 Å². The van der Waals surface area contributed by atoms with Crippen LogP contribution in [0.2, 0.25) is 0 Å². The summed E-state index contributed by atoms with van der Waals surface area (Å²) in [7, 11) is 3.29. The molecule has 18 heavy (non-hydrogen) atoms. The van der Waals surface area contributed by atoms with Gasteiger partial charge in [-0.3, -0.25) is 0 Å². The normalized spacial score (nSPS) is 12.2. The van der Waals surface area contributed by atoms with Gasteiger partial charge in [-0.1, -0.05) is 0 Å². The molecule has 0 aliphatic heterocycles. The van der Waals surface area contributed by atoms with Crippen LogP contribution in [0.5, 0.6) is 11.5 Å². The second kappa shape index (κ2) is 5.63. The van der Waals surface area contributed by atoms with Crippen molar-refractivity contribution in [3.63, 3.8) is 0 Å². The molecule has 0 radical (unpaired) electrons. The lowest BCUT2D eigenvalue weighted by molar-refractivity contribution is 0.399. The smallest absolute Gasteiger partial charge is 0.124 e. The number of halogens is 1. The summed E-state index contributed by atoms with van der Waals surface area (Å²) < 4.78 is 10.6. The first-order valence-electron chi connectivity index (χ1n) is 5.56. The highest BCUT2D eigenvalue weighted by molar-refractivity contribution is 7.08. The Bertz CT molecular complexity index is 536. The molecule has 0 amide bonds. The average molecular weight is 283 g/mol. The quantitative estimate of drug-likeness (QED) is 0.774. The maximum Gasteiger partial charge on any atom is 0.124 e. The van der Waals surface area contributed by atoms with Crippen molar-refractivity contribution in [2.45, 2.75) is 12.3 Å². The topological polar surface area (TPSA) is 18.5 Å². The molecule has 96 valence electrons. The number of methoxy groups -OCH3 is 2. The first kappa shape index (κ1) is 13.2. The Balaban J connectivity index is 2.45. The van der Waals surface area contributed by atoms with Crippen molar-refractivity contribution < 1.29 is 9.47 Å². The van der Waals surface area contributed by atoms with E-state index >= 15 is 0 Å². The van der Waals surface area contributed by atoms with Crippen LogP contribution in [0.4, 0.5) is 0 Å². The minimum Gasteiger partial charge on any atom is -0.497 e. The van der Waals surface area contributed by atoms with Crippen molar-refractivity contribution in [3.8, 4) is 11.5 Å². The summed E-state index contributed by atoms with van der Waals surface area (Å²) in [6, 6.07) is 5.67. The Kier molecular flexibility index (Phi) is 4.15. The molecule has 4 heteroatoms. The van der Waals surface area contributed by atoms with E-state index in [1.165, 1.54) is 5.56 Å². The fourth-order valence-corrected chi connectivity index (χ4v) is 3.19. The van der Waals surface area contributed by atoms with E-state index in [0.29, 0.717) is 0 Å². The molecule has 2 aromatic rings. The number of alkyl halides is 1. The number of thiophene rings is 1. The van der Waals surface area contributed by atoms with Gasteiger partial charge >= 0.3 is 0 Å². The van der Waals surface area contributed by atoms with Gasteiger partial charge in [0.1, 0.15) is 11.5 Å². The Hall–Kier alpha value is -1.19. The second-order valence-corrected chi connectivity index (χ2v) is 5.16. The van der Waals surface area contributed by atoms with Crippen LogP contribution in [0.3, 0.4) is 0 Å². The maximum atomic E-state index is 6.56. The van der Waals surface area contributed by atoms with Crippen molar-refractivity contribution in [1.29, 1.82) is 0 Å². The first-order valence-corrected chi connectivity index (χ1v) is 6.94. The summed E-state index contributed by atoms with van der Waals surface area (Å²) in [6.45, 7) is 2.06. The third kappa shape index (κ3) is 2.47. The van der Waals surface area contributed by atoms with Crippen LogP contribution >= 0.6 is 22.9 Å². The third-order valence-electron chi connectivity index (χ3n) is 2.88. The Morgan fingerprint density at radius 3 is 2.44 bits per heavy atom. The lowest BCUT2D eigenvalue weighted by Gasteiger charge is -2.15. The summed E-state index contributed by atoms with van der Waals surface area (Å²) in [4.78, 5) is 0. The monoisotopic (exact) mass is 282 g/mol. The Morgan fingerprint density at radius 1 is 1.11 bits per heavy atom. The van der Waals surface area contributed by atoms with Gasteiger partial charge in [-0.2, -0.15) is 11.3 Å². The zero-order chi connectivity index (χ0) is 13.1. The van der Waals surface area contributed by atoms with Gasteiger partial charge < -0.3 is 9.47 Å². The largest absolute Gasteiger partial charge is 0.497 e. The molecule has 0 spiro atoms. The van der Waals surface area contributed by atoms with Crippen molar-refractivity contribution in [3.05, 3.63) is 45.6 Å². The molecule has 2 nitrogen and oxygen atoms in total. The van der Waals surface area contributed by atoms with Crippen molar-refractivity contribution in [2.24, 2.45) is 0 Å². The van der Waals surface area contributed by atoms with Gasteiger partial charge in [0.25, 0.3) is 0 Å². The fourth-order valence-electron chi connectivity index (χ4n) is 1.84. The number of ether oxygens (including phenoxy) is 2. The number of benzene rings is 1. The zero-order valence-electron chi connectivity index (χ0n) is 10.6. The lowest BCUT2D eigenvalue weighted by atomic mass is 10.0. The van der Waals surface area contributed by atoms with Crippen LogP contribution in [-0.2, 0) is 0 Å². The van der Waals surface area contributed by atoms with E-state index < -0.39 is 0 Å². The van der Waals surface area contributed by atoms with E-state index in [9.17, 15) is 0 Å². The fraction of sp³-hybridized carbons (Fsp3) is 0.286. The van der Waals surface area contributed by atoms with Gasteiger partial charge in [0.2, 0.25) is 0 Å². The molecule has 0 aliphatic carbocycles. The number of hydrogen-bond acceptors (Lipinski definition) is 3. The Morgan fingerprint density at radius 2 is 1.89 bits per heavy atom. The van der Waals surface area contributed by atoms with Crippen LogP contribution in [0.15, 0.2) is 29.0 Å². The SMILES string of the molecule is COc1ccc(OC)c(C(Cl)c2cscc2C)c1. The van der Waals surface area contributed by atoms with E-state index in [1.54, 1.807) is 25.6 Å². The van der Waals surface area contributed by atoms with E-state index in [-0.39, 0.29) is 5.38 Å². The highest BCUT2D eigenvalue weighted by atomic mass is 35.5. The lowest BCUT2D eigenvalue weighted by Crippen LogP contribution is -1.98. The summed E-state index contributed by atoms with van der Waals surface area (Å²) >= 11 is 8.22. The summed E-state index contributed by atoms with van der Waals surface area (Å²) in [5, 5.41) is 3.95. The van der Waals surface area contributed by atoms with Gasteiger partial charge in [-0.15, -0.1) is 11.6 Å². The molecule has 0 bridgehead atoms. The minimum absolute atomic E-state index is 0.221. The molecule has 1 atom stereocenters. The minimum atomic E-state index is -0.221. The summed E-state index contributed by atoms with van der Waals surface area (Å²) in [5.74, 6) is 1.56. The molecule has 1 heterocycles. The zero-order valence-corrected chi connectivity index (χ0v) is 12.1. The summed E-state index contributed by atoms with van der Waals surface area (Å²) in [6.07, 6.45) is 0. The Labute approximate surface area is 116 Å². The molecule has 0 saturated heterocycles. The predicted molar refractivity (Wildman–Crippen MR) is 76.3 cm³/mol. The number of rotatable bonds is 4. The van der Waals surface area contributed by atoms with Gasteiger partial charge in [0, 0.05) is 5.56 Å². The number of hydrogen-bond donors (Lipinski definition) is 0. The predicted octanol–water partition coefficient (Wildman–Crippen LogP) is 4.40. The third-order valence-corrected chi connectivity index (χ3v) is 4.23. The highest BCUT2D eigenvalue weighted by Crippen LogP contribution is 2.39. The molecular weight excluding hydrogens is 268 g/mol. The van der Waals surface area contributed by atoms with Crippen LogP contribution < -0.4 is 9.47 Å². The van der Waals surface area contributed by atoms with Gasteiger partial charge in [0.15, 0.2) is 0 Å². The van der Waals surface area contributed by atoms with Crippen LogP contribution in [-0.4, -0.2) is 14.2 Å². The van der Waals surface area contributed by atoms with Gasteiger partial charge in [-0.05, 0) is 47.0 Å². The van der Waals surface area contributed by atoms with Crippen molar-refractivity contribution >= 4 is 22.9 Å². The van der Waals surface area contributed by atoms with Gasteiger partial charge in [0.05, 0.1) is 19.6 Å². The molecular formula is C14H15ClO2S. The molecule has 2 rings (SSSR count). The van der Waals surface area contributed by atoms with E-state index in [4.69, 9.17) is 21.1 Å². The molecule has 1 aromatic heterocycles. The average Bonchev–Trinajstić information content (AvgIpc) is 2.83. The maximum absolute atomic E-state index is 6.56. The van der Waals surface area contributed by atoms with E-state index in [1.807, 2.05) is 18.2 Å². The van der Waals surface area contributed by atoms with Crippen LogP contribution in [0, 0.1) is 6.92 Å². The van der Waals surface area contributed by atoms with Crippen molar-refractivity contribution in [2.75, 3.05) is 14.2 Å².